The van der Waals surface area contributed by atoms with Gasteiger partial charge in [0, 0.05) is 12.1 Å². The zero-order chi connectivity index (χ0) is 9.68. The summed E-state index contributed by atoms with van der Waals surface area (Å²) >= 11 is 3.22. The van der Waals surface area contributed by atoms with Gasteiger partial charge < -0.3 is 0 Å². The van der Waals surface area contributed by atoms with Gasteiger partial charge in [-0.2, -0.15) is 10.5 Å². The van der Waals surface area contributed by atoms with Gasteiger partial charge in [-0.15, -0.1) is 0 Å². The molecule has 1 heterocycles. The zero-order valence-electron chi connectivity index (χ0n) is 6.74. The standard InChI is InChI=1S/C9H6BrN3/c10-9-3-1-2-8(13-9)4-7(5-11)6-12/h1-3,7H,4H2. The van der Waals surface area contributed by atoms with Gasteiger partial charge in [0.1, 0.15) is 10.5 Å². The van der Waals surface area contributed by atoms with Crippen LogP contribution in [0.2, 0.25) is 0 Å². The quantitative estimate of drug-likeness (QED) is 0.738. The molecule has 0 saturated carbocycles. The van der Waals surface area contributed by atoms with E-state index >= 15 is 0 Å². The second-order valence-electron chi connectivity index (χ2n) is 2.47. The van der Waals surface area contributed by atoms with Gasteiger partial charge in [0.25, 0.3) is 0 Å². The first kappa shape index (κ1) is 9.70. The van der Waals surface area contributed by atoms with Crippen LogP contribution in [-0.2, 0) is 6.42 Å². The van der Waals surface area contributed by atoms with Crippen molar-refractivity contribution in [3.05, 3.63) is 28.5 Å². The molecule has 0 spiro atoms. The van der Waals surface area contributed by atoms with Crippen LogP contribution in [-0.4, -0.2) is 4.98 Å². The van der Waals surface area contributed by atoms with E-state index < -0.39 is 5.92 Å². The van der Waals surface area contributed by atoms with Crippen molar-refractivity contribution >= 4 is 15.9 Å². The maximum absolute atomic E-state index is 8.54. The molecular formula is C9H6BrN3. The smallest absolute Gasteiger partial charge is 0.138 e. The van der Waals surface area contributed by atoms with Crippen LogP contribution in [0, 0.1) is 28.6 Å². The van der Waals surface area contributed by atoms with E-state index in [0.717, 1.165) is 10.3 Å². The van der Waals surface area contributed by atoms with Gasteiger partial charge in [0.05, 0.1) is 12.1 Å². The van der Waals surface area contributed by atoms with Crippen LogP contribution in [0.1, 0.15) is 5.69 Å². The van der Waals surface area contributed by atoms with Crippen molar-refractivity contribution < 1.29 is 0 Å². The molecule has 13 heavy (non-hydrogen) atoms. The molecule has 1 rings (SSSR count). The second kappa shape index (κ2) is 4.59. The third kappa shape index (κ3) is 2.85. The number of nitriles is 2. The Bertz CT molecular complexity index is 361. The van der Waals surface area contributed by atoms with Gasteiger partial charge in [0.15, 0.2) is 0 Å². The summed E-state index contributed by atoms with van der Waals surface area (Å²) in [7, 11) is 0. The molecule has 0 aromatic carbocycles. The molecule has 0 fully saturated rings. The summed E-state index contributed by atoms with van der Waals surface area (Å²) in [6, 6.07) is 9.24. The Morgan fingerprint density at radius 2 is 2.08 bits per heavy atom. The topological polar surface area (TPSA) is 60.5 Å². The third-order valence-electron chi connectivity index (χ3n) is 1.50. The summed E-state index contributed by atoms with van der Waals surface area (Å²) in [6.45, 7) is 0. The second-order valence-corrected chi connectivity index (χ2v) is 3.28. The fraction of sp³-hybridized carbons (Fsp3) is 0.222. The largest absolute Gasteiger partial charge is 0.246 e. The van der Waals surface area contributed by atoms with Crippen molar-refractivity contribution in [2.75, 3.05) is 0 Å². The van der Waals surface area contributed by atoms with Gasteiger partial charge in [0.2, 0.25) is 0 Å². The van der Waals surface area contributed by atoms with Crippen LogP contribution in [0.15, 0.2) is 22.8 Å². The summed E-state index contributed by atoms with van der Waals surface area (Å²) in [6.07, 6.45) is 0.381. The average Bonchev–Trinajstić information content (AvgIpc) is 2.14. The highest BCUT2D eigenvalue weighted by Crippen LogP contribution is 2.09. The zero-order valence-corrected chi connectivity index (χ0v) is 8.32. The molecule has 1 aromatic rings. The van der Waals surface area contributed by atoms with Gasteiger partial charge >= 0.3 is 0 Å². The molecule has 0 atom stereocenters. The summed E-state index contributed by atoms with van der Waals surface area (Å²) < 4.78 is 0.722. The minimum atomic E-state index is -0.609. The number of aromatic nitrogens is 1. The Hall–Kier alpha value is -1.39. The monoisotopic (exact) mass is 235 g/mol. The van der Waals surface area contributed by atoms with Crippen LogP contribution in [0.25, 0.3) is 0 Å². The Morgan fingerprint density at radius 1 is 1.38 bits per heavy atom. The van der Waals surface area contributed by atoms with E-state index in [1.807, 2.05) is 18.2 Å². The number of pyridine rings is 1. The molecule has 0 aliphatic heterocycles. The highest BCUT2D eigenvalue weighted by atomic mass is 79.9. The molecule has 1 aromatic heterocycles. The lowest BCUT2D eigenvalue weighted by Gasteiger charge is -1.99. The summed E-state index contributed by atoms with van der Waals surface area (Å²) in [5, 5.41) is 17.1. The summed E-state index contributed by atoms with van der Waals surface area (Å²) in [5.41, 5.74) is 0.752. The highest BCUT2D eigenvalue weighted by molar-refractivity contribution is 9.10. The summed E-state index contributed by atoms with van der Waals surface area (Å²) in [4.78, 5) is 4.12. The Balaban J connectivity index is 2.76. The highest BCUT2D eigenvalue weighted by Gasteiger charge is 2.07. The number of hydrogen-bond donors (Lipinski definition) is 0. The van der Waals surface area contributed by atoms with Crippen molar-refractivity contribution in [3.8, 4) is 12.1 Å². The van der Waals surface area contributed by atoms with E-state index in [0.29, 0.717) is 6.42 Å². The van der Waals surface area contributed by atoms with Crippen molar-refractivity contribution in [1.82, 2.24) is 4.98 Å². The first-order chi connectivity index (χ1) is 6.26. The Labute approximate surface area is 84.8 Å². The van der Waals surface area contributed by atoms with Crippen LogP contribution in [0.5, 0.6) is 0 Å². The third-order valence-corrected chi connectivity index (χ3v) is 1.94. The molecule has 0 aliphatic rings. The van der Waals surface area contributed by atoms with E-state index in [1.165, 1.54) is 0 Å². The molecule has 3 nitrogen and oxygen atoms in total. The van der Waals surface area contributed by atoms with Gasteiger partial charge in [-0.05, 0) is 28.1 Å². The van der Waals surface area contributed by atoms with Gasteiger partial charge in [-0.25, -0.2) is 4.98 Å². The number of halogens is 1. The van der Waals surface area contributed by atoms with E-state index in [2.05, 4.69) is 20.9 Å². The van der Waals surface area contributed by atoms with E-state index in [1.54, 1.807) is 12.1 Å². The fourth-order valence-corrected chi connectivity index (χ4v) is 1.27. The predicted molar refractivity (Wildman–Crippen MR) is 50.4 cm³/mol. The molecule has 0 amide bonds. The molecule has 0 unspecified atom stereocenters. The fourth-order valence-electron chi connectivity index (χ4n) is 0.893. The van der Waals surface area contributed by atoms with E-state index in [9.17, 15) is 0 Å². The average molecular weight is 236 g/mol. The maximum Gasteiger partial charge on any atom is 0.138 e. The van der Waals surface area contributed by atoms with Crippen molar-refractivity contribution in [3.63, 3.8) is 0 Å². The van der Waals surface area contributed by atoms with E-state index in [-0.39, 0.29) is 0 Å². The molecule has 0 N–H and O–H groups in total. The van der Waals surface area contributed by atoms with Crippen molar-refractivity contribution in [1.29, 1.82) is 10.5 Å². The van der Waals surface area contributed by atoms with Crippen molar-refractivity contribution in [2.45, 2.75) is 6.42 Å². The molecule has 4 heteroatoms. The lowest BCUT2D eigenvalue weighted by molar-refractivity contribution is 0.804. The normalized spacial score (nSPS) is 9.23. The van der Waals surface area contributed by atoms with Crippen LogP contribution >= 0.6 is 15.9 Å². The minimum absolute atomic E-state index is 0.381. The minimum Gasteiger partial charge on any atom is -0.246 e. The van der Waals surface area contributed by atoms with Crippen LogP contribution < -0.4 is 0 Å². The SMILES string of the molecule is N#CC(C#N)Cc1cccc(Br)n1. The molecule has 0 aliphatic carbocycles. The lowest BCUT2D eigenvalue weighted by atomic mass is 10.1. The van der Waals surface area contributed by atoms with Crippen LogP contribution in [0.3, 0.4) is 0 Å². The Kier molecular flexibility index (Phi) is 3.42. The summed E-state index contributed by atoms with van der Waals surface area (Å²) in [5.74, 6) is -0.609. The predicted octanol–water partition coefficient (Wildman–Crippen LogP) is 2.05. The number of rotatable bonds is 2. The van der Waals surface area contributed by atoms with E-state index in [4.69, 9.17) is 10.5 Å². The first-order valence-electron chi connectivity index (χ1n) is 3.67. The molecule has 0 bridgehead atoms. The lowest BCUT2D eigenvalue weighted by Crippen LogP contribution is -2.00. The van der Waals surface area contributed by atoms with Gasteiger partial charge in [-0.3, -0.25) is 0 Å². The number of nitrogens with zero attached hydrogens (tertiary/aromatic N) is 3. The molecule has 64 valence electrons. The molecule has 0 radical (unpaired) electrons. The van der Waals surface area contributed by atoms with Crippen LogP contribution in [0.4, 0.5) is 0 Å². The van der Waals surface area contributed by atoms with Gasteiger partial charge in [-0.1, -0.05) is 6.07 Å². The maximum atomic E-state index is 8.54. The Morgan fingerprint density at radius 3 is 2.62 bits per heavy atom. The molecule has 0 saturated heterocycles. The first-order valence-corrected chi connectivity index (χ1v) is 4.46. The molecular weight excluding hydrogens is 230 g/mol. The number of hydrogen-bond acceptors (Lipinski definition) is 3. The van der Waals surface area contributed by atoms with Crippen molar-refractivity contribution in [2.24, 2.45) is 5.92 Å².